The summed E-state index contributed by atoms with van der Waals surface area (Å²) in [5.41, 5.74) is 4.93. The monoisotopic (exact) mass is 160 g/mol. The first-order valence-electron chi connectivity index (χ1n) is 3.27. The molecule has 0 aromatic rings. The number of carbonyl (C=O) groups excluding carboxylic acids is 2. The molecular weight excluding hydrogens is 148 g/mol. The predicted octanol–water partition coefficient (Wildman–Crippen LogP) is -1.03. The zero-order valence-corrected chi connectivity index (χ0v) is 6.42. The van der Waals surface area contributed by atoms with E-state index in [4.69, 9.17) is 5.73 Å². The van der Waals surface area contributed by atoms with E-state index in [9.17, 15) is 9.59 Å². The van der Waals surface area contributed by atoms with Crippen LogP contribution in [-0.4, -0.2) is 25.2 Å². The molecule has 3 N–H and O–H groups in total. The van der Waals surface area contributed by atoms with E-state index in [1.165, 1.54) is 6.92 Å². The molecule has 0 aliphatic heterocycles. The molecule has 0 heterocycles. The average molecular weight is 160 g/mol. The Hall–Kier alpha value is -1.10. The third kappa shape index (κ3) is 6.79. The summed E-state index contributed by atoms with van der Waals surface area (Å²) >= 11 is 0. The fourth-order valence-electron chi connectivity index (χ4n) is 0.506. The lowest BCUT2D eigenvalue weighted by Crippen LogP contribution is -2.24. The van der Waals surface area contributed by atoms with Gasteiger partial charge in [-0.2, -0.15) is 0 Å². The lowest BCUT2D eigenvalue weighted by molar-refractivity contribution is -0.143. The molecule has 0 aliphatic carbocycles. The van der Waals surface area contributed by atoms with Crippen molar-refractivity contribution in [3.63, 3.8) is 0 Å². The zero-order valence-electron chi connectivity index (χ0n) is 6.42. The summed E-state index contributed by atoms with van der Waals surface area (Å²) in [5.74, 6) is -0.563. The van der Waals surface area contributed by atoms with Gasteiger partial charge in [-0.1, -0.05) is 0 Å². The molecule has 0 radical (unpaired) electrons. The Morgan fingerprint density at radius 1 is 1.55 bits per heavy atom. The van der Waals surface area contributed by atoms with Gasteiger partial charge in [0.1, 0.15) is 6.73 Å². The minimum absolute atomic E-state index is 0.112. The van der Waals surface area contributed by atoms with Gasteiger partial charge in [-0.15, -0.1) is 0 Å². The van der Waals surface area contributed by atoms with Gasteiger partial charge in [-0.25, -0.2) is 0 Å². The van der Waals surface area contributed by atoms with Crippen molar-refractivity contribution in [1.29, 1.82) is 0 Å². The highest BCUT2D eigenvalue weighted by Crippen LogP contribution is 1.81. The molecule has 5 heteroatoms. The molecule has 0 aliphatic rings. The van der Waals surface area contributed by atoms with Crippen molar-refractivity contribution >= 4 is 11.9 Å². The number of hydrogen-bond acceptors (Lipinski definition) is 4. The molecular formula is C6H12N2O3. The van der Waals surface area contributed by atoms with Crippen LogP contribution in [0.2, 0.25) is 0 Å². The number of rotatable bonds is 4. The Balaban J connectivity index is 3.24. The van der Waals surface area contributed by atoms with Crippen LogP contribution < -0.4 is 11.1 Å². The van der Waals surface area contributed by atoms with E-state index in [2.05, 4.69) is 10.1 Å². The van der Waals surface area contributed by atoms with Gasteiger partial charge in [-0.05, 0) is 0 Å². The molecule has 0 fully saturated rings. The van der Waals surface area contributed by atoms with E-state index in [1.807, 2.05) is 0 Å². The number of esters is 1. The van der Waals surface area contributed by atoms with E-state index in [0.29, 0.717) is 6.54 Å². The number of hydrogen-bond donors (Lipinski definition) is 2. The molecule has 0 unspecified atom stereocenters. The van der Waals surface area contributed by atoms with Crippen LogP contribution in [0, 0.1) is 0 Å². The van der Waals surface area contributed by atoms with Crippen molar-refractivity contribution < 1.29 is 14.3 Å². The first kappa shape index (κ1) is 9.90. The fraction of sp³-hybridized carbons (Fsp3) is 0.667. The Labute approximate surface area is 64.9 Å². The van der Waals surface area contributed by atoms with Crippen LogP contribution in [-0.2, 0) is 14.3 Å². The van der Waals surface area contributed by atoms with Gasteiger partial charge < -0.3 is 10.1 Å². The second kappa shape index (κ2) is 5.67. The Morgan fingerprint density at radius 2 is 2.18 bits per heavy atom. The van der Waals surface area contributed by atoms with Crippen LogP contribution in [0.3, 0.4) is 0 Å². The van der Waals surface area contributed by atoms with Gasteiger partial charge in [0.05, 0.1) is 6.42 Å². The quantitative estimate of drug-likeness (QED) is 0.407. The third-order valence-corrected chi connectivity index (χ3v) is 0.947. The maximum Gasteiger partial charge on any atom is 0.308 e. The Kier molecular flexibility index (Phi) is 5.10. The van der Waals surface area contributed by atoms with Gasteiger partial charge in [0.2, 0.25) is 5.91 Å². The van der Waals surface area contributed by atoms with Crippen molar-refractivity contribution in [1.82, 2.24) is 5.32 Å². The van der Waals surface area contributed by atoms with Gasteiger partial charge in [-0.3, -0.25) is 15.3 Å². The standard InChI is InChI=1S/C6H12N2O3/c1-5(9)8-3-2-6(10)11-4-7/h2-4,7H2,1H3,(H,8,9). The molecule has 1 amide bonds. The van der Waals surface area contributed by atoms with Crippen molar-refractivity contribution in [2.45, 2.75) is 13.3 Å². The normalized spacial score (nSPS) is 8.91. The summed E-state index contributed by atoms with van der Waals surface area (Å²) in [4.78, 5) is 20.9. The van der Waals surface area contributed by atoms with Gasteiger partial charge in [0, 0.05) is 13.5 Å². The minimum Gasteiger partial charge on any atom is -0.450 e. The summed E-state index contributed by atoms with van der Waals surface area (Å²) in [7, 11) is 0. The van der Waals surface area contributed by atoms with E-state index in [-0.39, 0.29) is 19.1 Å². The second-order valence-corrected chi connectivity index (χ2v) is 1.92. The second-order valence-electron chi connectivity index (χ2n) is 1.92. The Bertz CT molecular complexity index is 147. The first-order valence-corrected chi connectivity index (χ1v) is 3.27. The maximum atomic E-state index is 10.6. The van der Waals surface area contributed by atoms with Crippen molar-refractivity contribution in [2.24, 2.45) is 5.73 Å². The SMILES string of the molecule is CC(=O)NCCC(=O)OCN. The number of nitrogens with one attached hydrogen (secondary N) is 1. The molecule has 0 spiro atoms. The molecule has 0 atom stereocenters. The van der Waals surface area contributed by atoms with Crippen LogP contribution in [0.1, 0.15) is 13.3 Å². The van der Waals surface area contributed by atoms with E-state index >= 15 is 0 Å². The number of carbonyl (C=O) groups is 2. The largest absolute Gasteiger partial charge is 0.450 e. The van der Waals surface area contributed by atoms with E-state index in [0.717, 1.165) is 0 Å². The minimum atomic E-state index is -0.402. The maximum absolute atomic E-state index is 10.6. The highest BCUT2D eigenvalue weighted by Gasteiger charge is 2.00. The van der Waals surface area contributed by atoms with Gasteiger partial charge >= 0.3 is 5.97 Å². The summed E-state index contributed by atoms with van der Waals surface area (Å²) in [6, 6.07) is 0. The molecule has 0 aromatic heterocycles. The van der Waals surface area contributed by atoms with E-state index < -0.39 is 5.97 Å². The molecule has 0 aromatic carbocycles. The molecule has 64 valence electrons. The average Bonchev–Trinajstić information content (AvgIpc) is 1.87. The van der Waals surface area contributed by atoms with Crippen LogP contribution >= 0.6 is 0 Å². The molecule has 0 bridgehead atoms. The smallest absolute Gasteiger partial charge is 0.308 e. The van der Waals surface area contributed by atoms with Crippen molar-refractivity contribution in [2.75, 3.05) is 13.3 Å². The van der Waals surface area contributed by atoms with Gasteiger partial charge in [0.25, 0.3) is 0 Å². The van der Waals surface area contributed by atoms with Gasteiger partial charge in [0.15, 0.2) is 0 Å². The van der Waals surface area contributed by atoms with Crippen molar-refractivity contribution in [3.8, 4) is 0 Å². The van der Waals surface area contributed by atoms with Crippen LogP contribution in [0.5, 0.6) is 0 Å². The molecule has 0 rings (SSSR count). The number of ether oxygens (including phenoxy) is 1. The topological polar surface area (TPSA) is 81.4 Å². The first-order chi connectivity index (χ1) is 5.16. The summed E-state index contributed by atoms with van der Waals surface area (Å²) < 4.78 is 4.41. The highest BCUT2D eigenvalue weighted by molar-refractivity contribution is 5.74. The molecule has 5 nitrogen and oxygen atoms in total. The Morgan fingerprint density at radius 3 is 2.64 bits per heavy atom. The lowest BCUT2D eigenvalue weighted by atomic mass is 10.4. The molecule has 0 saturated carbocycles. The third-order valence-electron chi connectivity index (χ3n) is 0.947. The molecule has 0 saturated heterocycles. The van der Waals surface area contributed by atoms with Crippen LogP contribution in [0.4, 0.5) is 0 Å². The summed E-state index contributed by atoms with van der Waals surface area (Å²) in [6.07, 6.45) is 0.163. The van der Waals surface area contributed by atoms with Crippen molar-refractivity contribution in [3.05, 3.63) is 0 Å². The predicted molar refractivity (Wildman–Crippen MR) is 38.4 cm³/mol. The summed E-state index contributed by atoms with van der Waals surface area (Å²) in [5, 5.41) is 2.45. The van der Waals surface area contributed by atoms with E-state index in [1.54, 1.807) is 0 Å². The fourth-order valence-corrected chi connectivity index (χ4v) is 0.506. The molecule has 11 heavy (non-hydrogen) atoms. The highest BCUT2D eigenvalue weighted by atomic mass is 16.5. The van der Waals surface area contributed by atoms with Crippen LogP contribution in [0.15, 0.2) is 0 Å². The lowest BCUT2D eigenvalue weighted by Gasteiger charge is -2.01. The zero-order chi connectivity index (χ0) is 8.69. The summed E-state index contributed by atoms with van der Waals surface area (Å²) in [6.45, 7) is 1.57. The number of nitrogens with two attached hydrogens (primary N) is 1. The van der Waals surface area contributed by atoms with Crippen LogP contribution in [0.25, 0.3) is 0 Å². The number of amides is 1.